The Labute approximate surface area is 122 Å². The van der Waals surface area contributed by atoms with Crippen molar-refractivity contribution < 1.29 is 9.84 Å². The molecular formula is C18H15NO2. The number of benzene rings is 2. The first kappa shape index (κ1) is 12.4. The van der Waals surface area contributed by atoms with Crippen molar-refractivity contribution in [2.24, 2.45) is 0 Å². The molecule has 3 aromatic rings. The van der Waals surface area contributed by atoms with Crippen LogP contribution in [0.25, 0.3) is 10.9 Å². The first-order valence-corrected chi connectivity index (χ1v) is 7.07. The summed E-state index contributed by atoms with van der Waals surface area (Å²) in [5, 5.41) is 11.8. The van der Waals surface area contributed by atoms with Crippen molar-refractivity contribution in [1.82, 2.24) is 4.98 Å². The van der Waals surface area contributed by atoms with Crippen molar-refractivity contribution in [1.29, 1.82) is 0 Å². The molecule has 0 fully saturated rings. The van der Waals surface area contributed by atoms with Crippen LogP contribution in [0.15, 0.2) is 60.8 Å². The topological polar surface area (TPSA) is 42.4 Å². The first-order valence-electron chi connectivity index (χ1n) is 7.07. The van der Waals surface area contributed by atoms with Crippen molar-refractivity contribution >= 4 is 10.9 Å². The van der Waals surface area contributed by atoms with E-state index >= 15 is 0 Å². The molecule has 2 unspecified atom stereocenters. The van der Waals surface area contributed by atoms with Gasteiger partial charge in [-0.1, -0.05) is 30.3 Å². The molecule has 21 heavy (non-hydrogen) atoms. The van der Waals surface area contributed by atoms with Gasteiger partial charge in [-0.2, -0.15) is 0 Å². The summed E-state index contributed by atoms with van der Waals surface area (Å²) in [6.07, 6.45) is 1.21. The summed E-state index contributed by atoms with van der Waals surface area (Å²) in [6.45, 7) is 0.519. The zero-order valence-electron chi connectivity index (χ0n) is 11.4. The second-order valence-corrected chi connectivity index (χ2v) is 5.36. The average molecular weight is 277 g/mol. The van der Waals surface area contributed by atoms with Gasteiger partial charge in [0.05, 0.1) is 24.1 Å². The highest BCUT2D eigenvalue weighted by Crippen LogP contribution is 2.41. The number of fused-ring (bicyclic) bond motifs is 2. The highest BCUT2D eigenvalue weighted by molar-refractivity contribution is 5.79. The van der Waals surface area contributed by atoms with Crippen LogP contribution < -0.4 is 4.74 Å². The third-order valence-electron chi connectivity index (χ3n) is 4.09. The zero-order chi connectivity index (χ0) is 14.2. The third kappa shape index (κ3) is 2.06. The fourth-order valence-corrected chi connectivity index (χ4v) is 2.96. The lowest BCUT2D eigenvalue weighted by molar-refractivity contribution is 0.130. The third-order valence-corrected chi connectivity index (χ3v) is 4.09. The first-order chi connectivity index (χ1) is 10.3. The van der Waals surface area contributed by atoms with Crippen molar-refractivity contribution in [3.63, 3.8) is 0 Å². The van der Waals surface area contributed by atoms with E-state index in [2.05, 4.69) is 4.98 Å². The minimum atomic E-state index is -0.571. The van der Waals surface area contributed by atoms with E-state index in [0.717, 1.165) is 27.8 Å². The number of hydrogen-bond donors (Lipinski definition) is 1. The van der Waals surface area contributed by atoms with E-state index in [1.807, 2.05) is 54.6 Å². The number of nitrogens with zero attached hydrogens (tertiary/aromatic N) is 1. The number of hydrogen-bond acceptors (Lipinski definition) is 3. The fraction of sp³-hybridized carbons (Fsp3) is 0.167. The fourth-order valence-electron chi connectivity index (χ4n) is 2.96. The van der Waals surface area contributed by atoms with Gasteiger partial charge in [-0.25, -0.2) is 0 Å². The Morgan fingerprint density at radius 1 is 1.10 bits per heavy atom. The lowest BCUT2D eigenvalue weighted by Crippen LogP contribution is -2.12. The number of aliphatic hydroxyl groups excluding tert-OH is 1. The van der Waals surface area contributed by atoms with Crippen molar-refractivity contribution in [2.45, 2.75) is 12.0 Å². The largest absolute Gasteiger partial charge is 0.493 e. The zero-order valence-corrected chi connectivity index (χ0v) is 11.4. The van der Waals surface area contributed by atoms with E-state index in [9.17, 15) is 5.11 Å². The average Bonchev–Trinajstić information content (AvgIpc) is 2.98. The van der Waals surface area contributed by atoms with Crippen LogP contribution in [-0.4, -0.2) is 16.7 Å². The Bertz CT molecular complexity index is 800. The van der Waals surface area contributed by atoms with Gasteiger partial charge in [0, 0.05) is 17.1 Å². The van der Waals surface area contributed by atoms with Gasteiger partial charge in [0.2, 0.25) is 0 Å². The van der Waals surface area contributed by atoms with Crippen molar-refractivity contribution in [3.8, 4) is 5.75 Å². The van der Waals surface area contributed by atoms with E-state index in [1.165, 1.54) is 0 Å². The Morgan fingerprint density at radius 2 is 2.00 bits per heavy atom. The predicted molar refractivity (Wildman–Crippen MR) is 81.4 cm³/mol. The van der Waals surface area contributed by atoms with Gasteiger partial charge >= 0.3 is 0 Å². The molecule has 0 amide bonds. The van der Waals surface area contributed by atoms with Crippen LogP contribution in [0.2, 0.25) is 0 Å². The van der Waals surface area contributed by atoms with E-state index < -0.39 is 6.10 Å². The van der Waals surface area contributed by atoms with Crippen LogP contribution in [-0.2, 0) is 0 Å². The SMILES string of the molecule is OC(c1ccc2ncccc2c1)C1COc2ccccc21. The summed E-state index contributed by atoms with van der Waals surface area (Å²) in [4.78, 5) is 4.31. The smallest absolute Gasteiger partial charge is 0.123 e. The molecule has 2 aromatic carbocycles. The lowest BCUT2D eigenvalue weighted by Gasteiger charge is -2.18. The molecule has 4 rings (SSSR count). The molecule has 1 N–H and O–H groups in total. The molecule has 0 saturated carbocycles. The molecule has 1 aromatic heterocycles. The van der Waals surface area contributed by atoms with Gasteiger partial charge in [0.25, 0.3) is 0 Å². The van der Waals surface area contributed by atoms with Crippen LogP contribution in [0.4, 0.5) is 0 Å². The monoisotopic (exact) mass is 277 g/mol. The minimum absolute atomic E-state index is 0.0182. The Hall–Kier alpha value is -2.39. The van der Waals surface area contributed by atoms with Gasteiger partial charge in [0.1, 0.15) is 5.75 Å². The van der Waals surface area contributed by atoms with E-state index in [1.54, 1.807) is 6.20 Å². The molecule has 3 nitrogen and oxygen atoms in total. The van der Waals surface area contributed by atoms with Gasteiger partial charge in [0.15, 0.2) is 0 Å². The molecule has 0 spiro atoms. The Morgan fingerprint density at radius 3 is 2.95 bits per heavy atom. The molecule has 0 saturated heterocycles. The number of aromatic nitrogens is 1. The molecule has 2 heterocycles. The van der Waals surface area contributed by atoms with Crippen LogP contribution in [0.1, 0.15) is 23.1 Å². The number of pyridine rings is 1. The van der Waals surface area contributed by atoms with E-state index in [4.69, 9.17) is 4.74 Å². The summed E-state index contributed by atoms with van der Waals surface area (Å²) in [7, 11) is 0. The maximum Gasteiger partial charge on any atom is 0.123 e. The highest BCUT2D eigenvalue weighted by Gasteiger charge is 2.30. The summed E-state index contributed by atoms with van der Waals surface area (Å²) in [5.41, 5.74) is 2.92. The molecule has 0 radical (unpaired) electrons. The summed E-state index contributed by atoms with van der Waals surface area (Å²) in [6, 6.07) is 17.7. The lowest BCUT2D eigenvalue weighted by atomic mass is 9.90. The number of para-hydroxylation sites is 1. The number of rotatable bonds is 2. The minimum Gasteiger partial charge on any atom is -0.493 e. The van der Waals surface area contributed by atoms with Gasteiger partial charge < -0.3 is 9.84 Å². The highest BCUT2D eigenvalue weighted by atomic mass is 16.5. The quantitative estimate of drug-likeness (QED) is 0.780. The van der Waals surface area contributed by atoms with Crippen LogP contribution >= 0.6 is 0 Å². The number of ether oxygens (including phenoxy) is 1. The van der Waals surface area contributed by atoms with Gasteiger partial charge in [-0.15, -0.1) is 0 Å². The predicted octanol–water partition coefficient (Wildman–Crippen LogP) is 3.44. The van der Waals surface area contributed by atoms with Crippen molar-refractivity contribution in [2.75, 3.05) is 6.61 Å². The second-order valence-electron chi connectivity index (χ2n) is 5.36. The van der Waals surface area contributed by atoms with Crippen LogP contribution in [0, 0.1) is 0 Å². The molecule has 2 atom stereocenters. The maximum absolute atomic E-state index is 10.7. The van der Waals surface area contributed by atoms with Crippen LogP contribution in [0.3, 0.4) is 0 Å². The van der Waals surface area contributed by atoms with Crippen molar-refractivity contribution in [3.05, 3.63) is 71.9 Å². The van der Waals surface area contributed by atoms with E-state index in [0.29, 0.717) is 6.61 Å². The normalized spacial score (nSPS) is 18.2. The number of aliphatic hydroxyl groups is 1. The second kappa shape index (κ2) is 4.86. The van der Waals surface area contributed by atoms with Gasteiger partial charge in [-0.05, 0) is 29.8 Å². The Kier molecular flexibility index (Phi) is 2.86. The molecule has 3 heteroatoms. The molecule has 1 aliphatic heterocycles. The molecular weight excluding hydrogens is 262 g/mol. The van der Waals surface area contributed by atoms with E-state index in [-0.39, 0.29) is 5.92 Å². The summed E-state index contributed by atoms with van der Waals surface area (Å²) < 4.78 is 5.67. The standard InChI is InChI=1S/C18H15NO2/c20-18(15-11-21-17-6-2-1-5-14(15)17)13-7-8-16-12(10-13)4-3-9-19-16/h1-10,15,18,20H,11H2. The molecule has 104 valence electrons. The summed E-state index contributed by atoms with van der Waals surface area (Å²) >= 11 is 0. The molecule has 1 aliphatic rings. The molecule has 0 bridgehead atoms. The summed E-state index contributed by atoms with van der Waals surface area (Å²) in [5.74, 6) is 0.860. The van der Waals surface area contributed by atoms with Crippen LogP contribution in [0.5, 0.6) is 5.75 Å². The van der Waals surface area contributed by atoms with Gasteiger partial charge in [-0.3, -0.25) is 4.98 Å². The maximum atomic E-state index is 10.7. The molecule has 0 aliphatic carbocycles. The Balaban J connectivity index is 1.72.